The Bertz CT molecular complexity index is 572. The first kappa shape index (κ1) is 14.9. The van der Waals surface area contributed by atoms with Crippen LogP contribution in [0, 0.1) is 6.92 Å². The van der Waals surface area contributed by atoms with Crippen LogP contribution in [-0.2, 0) is 16.6 Å². The molecule has 1 unspecified atom stereocenters. The zero-order valence-electron chi connectivity index (χ0n) is 11.2. The predicted octanol–water partition coefficient (Wildman–Crippen LogP) is 2.80. The molecule has 0 aliphatic carbocycles. The molecule has 0 fully saturated rings. The molecular formula is C14H16ClN3OS. The molecule has 1 N–H and O–H groups in total. The van der Waals surface area contributed by atoms with Crippen molar-refractivity contribution in [3.8, 4) is 0 Å². The topological polar surface area (TPSA) is 54.9 Å². The Labute approximate surface area is 126 Å². The van der Waals surface area contributed by atoms with Crippen LogP contribution >= 0.6 is 11.6 Å². The minimum absolute atomic E-state index is 0.408. The van der Waals surface area contributed by atoms with Crippen molar-refractivity contribution in [2.24, 2.45) is 0 Å². The fourth-order valence-electron chi connectivity index (χ4n) is 1.75. The molecule has 4 nitrogen and oxygen atoms in total. The van der Waals surface area contributed by atoms with E-state index in [-0.39, 0.29) is 0 Å². The zero-order valence-corrected chi connectivity index (χ0v) is 12.7. The first-order chi connectivity index (χ1) is 9.63. The molecule has 0 aliphatic rings. The maximum Gasteiger partial charge on any atom is 0.134 e. The van der Waals surface area contributed by atoms with Gasteiger partial charge in [-0.05, 0) is 12.5 Å². The van der Waals surface area contributed by atoms with E-state index in [0.717, 1.165) is 5.56 Å². The van der Waals surface area contributed by atoms with E-state index in [1.54, 1.807) is 13.0 Å². The normalized spacial score (nSPS) is 12.1. The number of halogens is 1. The summed E-state index contributed by atoms with van der Waals surface area (Å²) in [6, 6.07) is 11.5. The monoisotopic (exact) mass is 309 g/mol. The third kappa shape index (κ3) is 4.90. The summed E-state index contributed by atoms with van der Waals surface area (Å²) in [6.45, 7) is 2.37. The fraction of sp³-hybridized carbons (Fsp3) is 0.286. The van der Waals surface area contributed by atoms with Gasteiger partial charge < -0.3 is 5.32 Å². The summed E-state index contributed by atoms with van der Waals surface area (Å²) in [4.78, 5) is 8.20. The van der Waals surface area contributed by atoms with E-state index in [2.05, 4.69) is 15.3 Å². The Hall–Kier alpha value is -1.46. The Balaban J connectivity index is 1.79. The van der Waals surface area contributed by atoms with Crippen LogP contribution in [0.3, 0.4) is 0 Å². The van der Waals surface area contributed by atoms with Crippen molar-refractivity contribution < 1.29 is 4.21 Å². The second-order valence-corrected chi connectivity index (χ2v) is 6.29. The van der Waals surface area contributed by atoms with Crippen LogP contribution in [-0.4, -0.2) is 26.5 Å². The fourth-order valence-corrected chi connectivity index (χ4v) is 3.01. The molecule has 0 amide bonds. The van der Waals surface area contributed by atoms with Crippen LogP contribution in [0.15, 0.2) is 36.4 Å². The largest absolute Gasteiger partial charge is 0.369 e. The predicted molar refractivity (Wildman–Crippen MR) is 83.4 cm³/mol. The van der Waals surface area contributed by atoms with Gasteiger partial charge in [-0.2, -0.15) is 0 Å². The molecule has 2 aromatic rings. The number of aromatic nitrogens is 2. The molecule has 0 aliphatic heterocycles. The molecule has 106 valence electrons. The standard InChI is InChI=1S/C14H16ClN3OS/c1-11-17-13(15)9-14(18-11)16-7-8-20(19)10-12-5-3-2-4-6-12/h2-6,9H,7-8,10H2,1H3,(H,16,17,18). The number of hydrogen-bond donors (Lipinski definition) is 1. The van der Waals surface area contributed by atoms with E-state index in [1.165, 1.54) is 0 Å². The highest BCUT2D eigenvalue weighted by Gasteiger charge is 2.03. The lowest BCUT2D eigenvalue weighted by Gasteiger charge is -2.06. The first-order valence-corrected chi connectivity index (χ1v) is 8.14. The van der Waals surface area contributed by atoms with Crippen LogP contribution < -0.4 is 5.32 Å². The lowest BCUT2D eigenvalue weighted by molar-refractivity contribution is 0.682. The van der Waals surface area contributed by atoms with Crippen molar-refractivity contribution >= 4 is 28.2 Å². The van der Waals surface area contributed by atoms with Crippen molar-refractivity contribution in [1.82, 2.24) is 9.97 Å². The molecule has 1 aromatic carbocycles. The average Bonchev–Trinajstić information content (AvgIpc) is 2.38. The molecule has 0 bridgehead atoms. The molecule has 20 heavy (non-hydrogen) atoms. The van der Waals surface area contributed by atoms with Gasteiger partial charge in [0.25, 0.3) is 0 Å². The molecule has 0 radical (unpaired) electrons. The van der Waals surface area contributed by atoms with E-state index in [4.69, 9.17) is 11.6 Å². The number of hydrogen-bond acceptors (Lipinski definition) is 4. The van der Waals surface area contributed by atoms with E-state index in [1.807, 2.05) is 30.3 Å². The number of nitrogens with zero attached hydrogens (tertiary/aromatic N) is 2. The van der Waals surface area contributed by atoms with Gasteiger partial charge in [-0.3, -0.25) is 4.21 Å². The minimum Gasteiger partial charge on any atom is -0.369 e. The van der Waals surface area contributed by atoms with Crippen molar-refractivity contribution in [3.05, 3.63) is 52.9 Å². The van der Waals surface area contributed by atoms with Crippen LogP contribution in [0.5, 0.6) is 0 Å². The van der Waals surface area contributed by atoms with Crippen molar-refractivity contribution in [1.29, 1.82) is 0 Å². The second-order valence-electron chi connectivity index (χ2n) is 4.32. The number of rotatable bonds is 6. The summed E-state index contributed by atoms with van der Waals surface area (Å²) in [5, 5.41) is 3.52. The first-order valence-electron chi connectivity index (χ1n) is 6.27. The highest BCUT2D eigenvalue weighted by molar-refractivity contribution is 7.84. The summed E-state index contributed by atoms with van der Waals surface area (Å²) < 4.78 is 11.9. The Morgan fingerprint density at radius 3 is 2.70 bits per heavy atom. The van der Waals surface area contributed by atoms with Gasteiger partial charge in [0.1, 0.15) is 16.8 Å². The Morgan fingerprint density at radius 1 is 1.25 bits per heavy atom. The lowest BCUT2D eigenvalue weighted by Crippen LogP contribution is -2.13. The van der Waals surface area contributed by atoms with Crippen LogP contribution in [0.2, 0.25) is 5.15 Å². The molecule has 6 heteroatoms. The van der Waals surface area contributed by atoms with Gasteiger partial charge in [0, 0.05) is 34.9 Å². The highest BCUT2D eigenvalue weighted by Crippen LogP contribution is 2.10. The number of nitrogens with one attached hydrogen (secondary N) is 1. The maximum atomic E-state index is 11.9. The van der Waals surface area contributed by atoms with Gasteiger partial charge in [0.2, 0.25) is 0 Å². The van der Waals surface area contributed by atoms with Crippen molar-refractivity contribution in [3.63, 3.8) is 0 Å². The van der Waals surface area contributed by atoms with Crippen LogP contribution in [0.25, 0.3) is 0 Å². The van der Waals surface area contributed by atoms with Gasteiger partial charge in [-0.1, -0.05) is 41.9 Å². The molecule has 0 saturated carbocycles. The number of benzene rings is 1. The molecule has 0 saturated heterocycles. The SMILES string of the molecule is Cc1nc(Cl)cc(NCCS(=O)Cc2ccccc2)n1. The third-order valence-electron chi connectivity index (χ3n) is 2.61. The Kier molecular flexibility index (Phi) is 5.49. The van der Waals surface area contributed by atoms with E-state index >= 15 is 0 Å². The number of aryl methyl sites for hydroxylation is 1. The van der Waals surface area contributed by atoms with Gasteiger partial charge in [0.15, 0.2) is 0 Å². The van der Waals surface area contributed by atoms with E-state index in [0.29, 0.717) is 34.8 Å². The second kappa shape index (κ2) is 7.36. The zero-order chi connectivity index (χ0) is 14.4. The molecule has 1 atom stereocenters. The summed E-state index contributed by atoms with van der Waals surface area (Å²) in [6.07, 6.45) is 0. The van der Waals surface area contributed by atoms with Gasteiger partial charge >= 0.3 is 0 Å². The third-order valence-corrected chi connectivity index (χ3v) is 4.12. The van der Waals surface area contributed by atoms with Crippen molar-refractivity contribution in [2.45, 2.75) is 12.7 Å². The lowest BCUT2D eigenvalue weighted by atomic mass is 10.2. The molecule has 1 heterocycles. The van der Waals surface area contributed by atoms with Crippen LogP contribution in [0.4, 0.5) is 5.82 Å². The van der Waals surface area contributed by atoms with Gasteiger partial charge in [-0.25, -0.2) is 9.97 Å². The Morgan fingerprint density at radius 2 is 2.00 bits per heavy atom. The summed E-state index contributed by atoms with van der Waals surface area (Å²) in [5.41, 5.74) is 1.09. The van der Waals surface area contributed by atoms with Gasteiger partial charge in [-0.15, -0.1) is 0 Å². The van der Waals surface area contributed by atoms with Crippen molar-refractivity contribution in [2.75, 3.05) is 17.6 Å². The highest BCUT2D eigenvalue weighted by atomic mass is 35.5. The average molecular weight is 310 g/mol. The van der Waals surface area contributed by atoms with E-state index in [9.17, 15) is 4.21 Å². The van der Waals surface area contributed by atoms with Gasteiger partial charge in [0.05, 0.1) is 0 Å². The quantitative estimate of drug-likeness (QED) is 0.834. The molecule has 0 spiro atoms. The van der Waals surface area contributed by atoms with Crippen LogP contribution in [0.1, 0.15) is 11.4 Å². The summed E-state index contributed by atoms with van der Waals surface area (Å²) in [5.74, 6) is 2.42. The number of anilines is 1. The maximum absolute atomic E-state index is 11.9. The minimum atomic E-state index is -0.894. The molecule has 1 aromatic heterocycles. The van der Waals surface area contributed by atoms with E-state index < -0.39 is 10.8 Å². The smallest absolute Gasteiger partial charge is 0.134 e. The molecule has 2 rings (SSSR count). The summed E-state index contributed by atoms with van der Waals surface area (Å²) >= 11 is 5.85. The summed E-state index contributed by atoms with van der Waals surface area (Å²) in [7, 11) is -0.894. The molecular weight excluding hydrogens is 294 g/mol.